The fourth-order valence-electron chi connectivity index (χ4n) is 3.25. The maximum Gasteiger partial charge on any atom is 0.303 e. The topological polar surface area (TPSA) is 127 Å². The number of carbonyl (C=O) groups excluding carboxylic acids is 1. The lowest BCUT2D eigenvalue weighted by molar-refractivity contribution is -0.138. The zero-order chi connectivity index (χ0) is 18.4. The van der Waals surface area contributed by atoms with E-state index < -0.39 is 21.9 Å². The summed E-state index contributed by atoms with van der Waals surface area (Å²) in [5, 5.41) is 8.82. The van der Waals surface area contributed by atoms with E-state index in [1.54, 1.807) is 0 Å². The van der Waals surface area contributed by atoms with E-state index in [-0.39, 0.29) is 22.8 Å². The first-order chi connectivity index (χ1) is 11.8. The molecule has 0 radical (unpaired) electrons. The lowest BCUT2D eigenvalue weighted by Crippen LogP contribution is -2.27. The van der Waals surface area contributed by atoms with E-state index >= 15 is 0 Å². The molecule has 0 aliphatic heterocycles. The average molecular weight is 368 g/mol. The minimum absolute atomic E-state index is 0.0997. The van der Waals surface area contributed by atoms with Crippen molar-refractivity contribution in [2.75, 3.05) is 6.54 Å². The second-order valence-electron chi connectivity index (χ2n) is 6.56. The van der Waals surface area contributed by atoms with Gasteiger partial charge in [0.2, 0.25) is 15.9 Å². The highest BCUT2D eigenvalue weighted by atomic mass is 32.2. The van der Waals surface area contributed by atoms with Crippen LogP contribution in [-0.4, -0.2) is 31.9 Å². The van der Waals surface area contributed by atoms with E-state index in [1.165, 1.54) is 24.3 Å². The SMILES string of the molecule is NC(=O)c1ccc(S(=O)(=O)NCCC2CCC(CC(=O)O)CC2)cc1. The number of primary amides is 1. The number of nitrogens with one attached hydrogen (secondary N) is 1. The van der Waals surface area contributed by atoms with Gasteiger partial charge in [-0.3, -0.25) is 9.59 Å². The van der Waals surface area contributed by atoms with E-state index in [9.17, 15) is 18.0 Å². The van der Waals surface area contributed by atoms with Crippen LogP contribution in [0.25, 0.3) is 0 Å². The van der Waals surface area contributed by atoms with Crippen molar-refractivity contribution in [2.24, 2.45) is 17.6 Å². The lowest BCUT2D eigenvalue weighted by atomic mass is 9.79. The first-order valence-electron chi connectivity index (χ1n) is 8.39. The molecule has 1 aromatic carbocycles. The largest absolute Gasteiger partial charge is 0.481 e. The Morgan fingerprint density at radius 3 is 2.16 bits per heavy atom. The van der Waals surface area contributed by atoms with Gasteiger partial charge in [-0.15, -0.1) is 0 Å². The van der Waals surface area contributed by atoms with E-state index in [4.69, 9.17) is 10.8 Å². The molecule has 8 heteroatoms. The number of carboxylic acids is 1. The molecule has 0 heterocycles. The standard InChI is InChI=1S/C17H24N2O5S/c18-17(22)14-5-7-15(8-6-14)25(23,24)19-10-9-12-1-3-13(4-2-12)11-16(20)21/h5-8,12-13,19H,1-4,9-11H2,(H2,18,22)(H,20,21). The lowest BCUT2D eigenvalue weighted by Gasteiger charge is -2.27. The molecule has 138 valence electrons. The average Bonchev–Trinajstić information content (AvgIpc) is 2.56. The fraction of sp³-hybridized carbons (Fsp3) is 0.529. The minimum Gasteiger partial charge on any atom is -0.481 e. The van der Waals surface area contributed by atoms with E-state index in [0.717, 1.165) is 32.1 Å². The molecule has 25 heavy (non-hydrogen) atoms. The summed E-state index contributed by atoms with van der Waals surface area (Å²) >= 11 is 0. The van der Waals surface area contributed by atoms with Crippen LogP contribution in [0, 0.1) is 11.8 Å². The highest BCUT2D eigenvalue weighted by molar-refractivity contribution is 7.89. The highest BCUT2D eigenvalue weighted by Crippen LogP contribution is 2.32. The van der Waals surface area contributed by atoms with Gasteiger partial charge in [-0.05, 0) is 55.4 Å². The third kappa shape index (κ3) is 5.82. The van der Waals surface area contributed by atoms with Gasteiger partial charge in [-0.2, -0.15) is 0 Å². The highest BCUT2D eigenvalue weighted by Gasteiger charge is 2.23. The first-order valence-corrected chi connectivity index (χ1v) is 9.87. The number of carbonyl (C=O) groups is 2. The number of benzene rings is 1. The molecule has 1 fully saturated rings. The van der Waals surface area contributed by atoms with Gasteiger partial charge in [0, 0.05) is 18.5 Å². The molecule has 7 nitrogen and oxygen atoms in total. The van der Waals surface area contributed by atoms with Gasteiger partial charge in [0.25, 0.3) is 0 Å². The Labute approximate surface area is 147 Å². The summed E-state index contributed by atoms with van der Waals surface area (Å²) in [5.74, 6) is -0.687. The maximum atomic E-state index is 12.2. The molecule has 0 saturated heterocycles. The molecule has 1 amide bonds. The van der Waals surface area contributed by atoms with Crippen molar-refractivity contribution in [1.82, 2.24) is 4.72 Å². The third-order valence-electron chi connectivity index (χ3n) is 4.72. The Morgan fingerprint density at radius 1 is 1.08 bits per heavy atom. The molecule has 2 rings (SSSR count). The number of hydrogen-bond acceptors (Lipinski definition) is 4. The van der Waals surface area contributed by atoms with Gasteiger partial charge in [0.15, 0.2) is 0 Å². The molecule has 1 aromatic rings. The number of nitrogens with two attached hydrogens (primary N) is 1. The summed E-state index contributed by atoms with van der Waals surface area (Å²) in [6.07, 6.45) is 4.61. The van der Waals surface area contributed by atoms with E-state index in [0.29, 0.717) is 12.5 Å². The molecule has 1 saturated carbocycles. The molecule has 0 bridgehead atoms. The molecular weight excluding hydrogens is 344 g/mol. The van der Waals surface area contributed by atoms with Crippen molar-refractivity contribution in [1.29, 1.82) is 0 Å². The zero-order valence-electron chi connectivity index (χ0n) is 14.0. The fourth-order valence-corrected chi connectivity index (χ4v) is 4.30. The van der Waals surface area contributed by atoms with Crippen LogP contribution in [0.2, 0.25) is 0 Å². The second-order valence-corrected chi connectivity index (χ2v) is 8.33. The molecule has 0 aromatic heterocycles. The number of hydrogen-bond donors (Lipinski definition) is 3. The summed E-state index contributed by atoms with van der Waals surface area (Å²) in [4.78, 5) is 21.8. The Morgan fingerprint density at radius 2 is 1.64 bits per heavy atom. The van der Waals surface area contributed by atoms with Crippen LogP contribution in [0.1, 0.15) is 48.9 Å². The van der Waals surface area contributed by atoms with Crippen LogP contribution in [0.4, 0.5) is 0 Å². The Hall–Kier alpha value is -1.93. The molecule has 1 aliphatic rings. The van der Waals surface area contributed by atoms with Crippen molar-refractivity contribution in [3.05, 3.63) is 29.8 Å². The summed E-state index contributed by atoms with van der Waals surface area (Å²) in [5.41, 5.74) is 5.40. The number of carboxylic acid groups (broad SMARTS) is 1. The minimum atomic E-state index is -3.61. The Kier molecular flexibility index (Phi) is 6.55. The number of sulfonamides is 1. The Bertz CT molecular complexity index is 707. The van der Waals surface area contributed by atoms with Crippen LogP contribution in [0.5, 0.6) is 0 Å². The molecule has 0 unspecified atom stereocenters. The van der Waals surface area contributed by atoms with Gasteiger partial charge in [0.05, 0.1) is 4.90 Å². The predicted octanol–water partition coefficient (Wildman–Crippen LogP) is 1.73. The van der Waals surface area contributed by atoms with Crippen LogP contribution in [0.15, 0.2) is 29.2 Å². The first kappa shape index (κ1) is 19.4. The van der Waals surface area contributed by atoms with Gasteiger partial charge >= 0.3 is 5.97 Å². The molecule has 0 spiro atoms. The Balaban J connectivity index is 1.79. The van der Waals surface area contributed by atoms with Crippen LogP contribution < -0.4 is 10.5 Å². The monoisotopic (exact) mass is 368 g/mol. The third-order valence-corrected chi connectivity index (χ3v) is 6.20. The number of amides is 1. The maximum absolute atomic E-state index is 12.2. The molecule has 4 N–H and O–H groups in total. The van der Waals surface area contributed by atoms with Crippen molar-refractivity contribution in [2.45, 2.75) is 43.4 Å². The van der Waals surface area contributed by atoms with Gasteiger partial charge < -0.3 is 10.8 Å². The smallest absolute Gasteiger partial charge is 0.303 e. The van der Waals surface area contributed by atoms with Crippen LogP contribution in [-0.2, 0) is 14.8 Å². The normalized spacial score (nSPS) is 21.0. The van der Waals surface area contributed by atoms with Gasteiger partial charge in [0.1, 0.15) is 0 Å². The van der Waals surface area contributed by atoms with Gasteiger partial charge in [-0.25, -0.2) is 13.1 Å². The summed E-state index contributed by atoms with van der Waals surface area (Å²) in [6, 6.07) is 5.50. The summed E-state index contributed by atoms with van der Waals surface area (Å²) < 4.78 is 27.0. The van der Waals surface area contributed by atoms with Crippen molar-refractivity contribution in [3.63, 3.8) is 0 Å². The number of aliphatic carboxylic acids is 1. The van der Waals surface area contributed by atoms with Crippen LogP contribution >= 0.6 is 0 Å². The van der Waals surface area contributed by atoms with Gasteiger partial charge in [-0.1, -0.05) is 12.8 Å². The van der Waals surface area contributed by atoms with Crippen molar-refractivity contribution < 1.29 is 23.1 Å². The van der Waals surface area contributed by atoms with Crippen molar-refractivity contribution >= 4 is 21.9 Å². The quantitative estimate of drug-likeness (QED) is 0.644. The molecular formula is C17H24N2O5S. The zero-order valence-corrected chi connectivity index (χ0v) is 14.8. The van der Waals surface area contributed by atoms with Crippen molar-refractivity contribution in [3.8, 4) is 0 Å². The second kappa shape index (κ2) is 8.44. The molecule has 1 aliphatic carbocycles. The number of rotatable bonds is 8. The summed E-state index contributed by atoms with van der Waals surface area (Å²) in [7, 11) is -3.61. The van der Waals surface area contributed by atoms with E-state index in [1.807, 2.05) is 0 Å². The predicted molar refractivity (Wildman–Crippen MR) is 92.5 cm³/mol. The van der Waals surface area contributed by atoms with Crippen LogP contribution in [0.3, 0.4) is 0 Å². The van der Waals surface area contributed by atoms with E-state index in [2.05, 4.69) is 4.72 Å². The summed E-state index contributed by atoms with van der Waals surface area (Å²) in [6.45, 7) is 0.341. The molecule has 0 atom stereocenters.